The van der Waals surface area contributed by atoms with Crippen LogP contribution in [0.1, 0.15) is 12.5 Å². The molecule has 0 saturated heterocycles. The number of aliphatic hydroxyl groups excluding tert-OH is 2. The van der Waals surface area contributed by atoms with E-state index >= 15 is 0 Å². The number of carbonyl (C=O) groups excluding carboxylic acids is 1. The Hall–Kier alpha value is -1.19. The first-order chi connectivity index (χ1) is 6.70. The molecule has 0 heterocycles. The van der Waals surface area contributed by atoms with Gasteiger partial charge in [0.1, 0.15) is 6.29 Å². The number of aldehydes is 1. The van der Waals surface area contributed by atoms with Crippen molar-refractivity contribution in [3.63, 3.8) is 0 Å². The summed E-state index contributed by atoms with van der Waals surface area (Å²) in [5.41, 5.74) is 1.08. The first kappa shape index (κ1) is 12.8. The third-order valence-corrected chi connectivity index (χ3v) is 1.43. The maximum atomic E-state index is 9.97. The van der Waals surface area contributed by atoms with Gasteiger partial charge in [-0.3, -0.25) is 0 Å². The van der Waals surface area contributed by atoms with Crippen molar-refractivity contribution in [3.8, 4) is 0 Å². The van der Waals surface area contributed by atoms with E-state index < -0.39 is 6.10 Å². The van der Waals surface area contributed by atoms with Crippen LogP contribution in [0.25, 0.3) is 0 Å². The van der Waals surface area contributed by atoms with Crippen molar-refractivity contribution in [2.24, 2.45) is 0 Å². The lowest BCUT2D eigenvalue weighted by atomic mass is 10.2. The summed E-state index contributed by atoms with van der Waals surface area (Å²) in [6, 6.07) is 9.68. The average Bonchev–Trinajstić information content (AvgIpc) is 2.21. The molecule has 78 valence electrons. The van der Waals surface area contributed by atoms with Crippen LogP contribution in [0.2, 0.25) is 0 Å². The highest BCUT2D eigenvalue weighted by Gasteiger charge is 1.84. The molecule has 0 amide bonds. The van der Waals surface area contributed by atoms with Crippen molar-refractivity contribution < 1.29 is 15.0 Å². The van der Waals surface area contributed by atoms with E-state index in [0.29, 0.717) is 6.42 Å². The van der Waals surface area contributed by atoms with Crippen molar-refractivity contribution in [2.45, 2.75) is 19.4 Å². The van der Waals surface area contributed by atoms with Gasteiger partial charge in [-0.15, -0.1) is 0 Å². The predicted molar refractivity (Wildman–Crippen MR) is 55.0 cm³/mol. The Morgan fingerprint density at radius 3 is 2.21 bits per heavy atom. The summed E-state index contributed by atoms with van der Waals surface area (Å²) in [7, 11) is 0. The second kappa shape index (κ2) is 8.41. The van der Waals surface area contributed by atoms with Gasteiger partial charge >= 0.3 is 0 Å². The first-order valence-corrected chi connectivity index (χ1v) is 4.47. The van der Waals surface area contributed by atoms with Crippen LogP contribution >= 0.6 is 0 Å². The molecule has 0 radical (unpaired) electrons. The molecule has 1 atom stereocenters. The van der Waals surface area contributed by atoms with Crippen LogP contribution in [0, 0.1) is 0 Å². The Morgan fingerprint density at radius 2 is 1.86 bits per heavy atom. The second-order valence-electron chi connectivity index (χ2n) is 2.89. The number of benzene rings is 1. The lowest BCUT2D eigenvalue weighted by Crippen LogP contribution is -2.03. The van der Waals surface area contributed by atoms with Gasteiger partial charge in [0.2, 0.25) is 0 Å². The number of hydrogen-bond acceptors (Lipinski definition) is 3. The van der Waals surface area contributed by atoms with Crippen molar-refractivity contribution in [1.29, 1.82) is 0 Å². The number of carbonyl (C=O) groups is 1. The van der Waals surface area contributed by atoms with E-state index in [2.05, 4.69) is 0 Å². The van der Waals surface area contributed by atoms with E-state index in [1.807, 2.05) is 30.3 Å². The number of rotatable bonds is 3. The van der Waals surface area contributed by atoms with E-state index in [1.54, 1.807) is 0 Å². The fraction of sp³-hybridized carbons (Fsp3) is 0.364. The fourth-order valence-corrected chi connectivity index (χ4v) is 0.710. The minimum Gasteiger partial charge on any atom is -0.394 e. The molecule has 1 aromatic rings. The Morgan fingerprint density at radius 1 is 1.36 bits per heavy atom. The van der Waals surface area contributed by atoms with Crippen LogP contribution in [-0.4, -0.2) is 29.2 Å². The molecule has 1 unspecified atom stereocenters. The largest absolute Gasteiger partial charge is 0.394 e. The first-order valence-electron chi connectivity index (χ1n) is 4.47. The third kappa shape index (κ3) is 7.46. The van der Waals surface area contributed by atoms with Crippen LogP contribution in [-0.2, 0) is 11.2 Å². The van der Waals surface area contributed by atoms with Crippen LogP contribution < -0.4 is 0 Å². The molecule has 0 aliphatic heterocycles. The molecule has 0 aliphatic rings. The summed E-state index contributed by atoms with van der Waals surface area (Å²) in [5.74, 6) is 0. The molecule has 0 bridgehead atoms. The molecule has 0 aromatic heterocycles. The van der Waals surface area contributed by atoms with Gasteiger partial charge in [0.15, 0.2) is 0 Å². The lowest BCUT2D eigenvalue weighted by Gasteiger charge is -1.90. The van der Waals surface area contributed by atoms with E-state index in [1.165, 1.54) is 6.92 Å². The highest BCUT2D eigenvalue weighted by atomic mass is 16.3. The van der Waals surface area contributed by atoms with Gasteiger partial charge in [-0.2, -0.15) is 0 Å². The van der Waals surface area contributed by atoms with Crippen LogP contribution in [0.3, 0.4) is 0 Å². The molecule has 0 fully saturated rings. The summed E-state index contributed by atoms with van der Waals surface area (Å²) in [6.45, 7) is 1.39. The zero-order chi connectivity index (χ0) is 10.8. The molecule has 14 heavy (non-hydrogen) atoms. The SMILES string of the molecule is CC(O)CO.O=CCc1ccccc1. The lowest BCUT2D eigenvalue weighted by molar-refractivity contribution is -0.107. The molecular weight excluding hydrogens is 180 g/mol. The normalized spacial score (nSPS) is 11.1. The fourth-order valence-electron chi connectivity index (χ4n) is 0.710. The Kier molecular flexibility index (Phi) is 7.70. The topological polar surface area (TPSA) is 57.5 Å². The van der Waals surface area contributed by atoms with Gasteiger partial charge in [0, 0.05) is 6.42 Å². The standard InChI is InChI=1S/C8H8O.C3H8O2/c9-7-6-8-4-2-1-3-5-8;1-3(5)2-4/h1-5,7H,6H2;3-5H,2H2,1H3. The molecule has 1 rings (SSSR count). The van der Waals surface area contributed by atoms with Gasteiger partial charge in [0.05, 0.1) is 12.7 Å². The van der Waals surface area contributed by atoms with Crippen LogP contribution in [0.4, 0.5) is 0 Å². The molecular formula is C11H16O3. The average molecular weight is 196 g/mol. The van der Waals surface area contributed by atoms with Gasteiger partial charge in [-0.1, -0.05) is 30.3 Å². The quantitative estimate of drug-likeness (QED) is 0.703. The second-order valence-corrected chi connectivity index (χ2v) is 2.89. The summed E-state index contributed by atoms with van der Waals surface area (Å²) in [4.78, 5) is 9.97. The Bertz CT molecular complexity index is 232. The van der Waals surface area contributed by atoms with Crippen molar-refractivity contribution in [2.75, 3.05) is 6.61 Å². The van der Waals surface area contributed by atoms with E-state index in [-0.39, 0.29) is 6.61 Å². The van der Waals surface area contributed by atoms with Crippen molar-refractivity contribution in [3.05, 3.63) is 35.9 Å². The maximum Gasteiger partial charge on any atom is 0.124 e. The molecule has 3 heteroatoms. The maximum absolute atomic E-state index is 9.97. The molecule has 0 saturated carbocycles. The van der Waals surface area contributed by atoms with Crippen LogP contribution in [0.5, 0.6) is 0 Å². The van der Waals surface area contributed by atoms with E-state index in [0.717, 1.165) is 11.8 Å². The summed E-state index contributed by atoms with van der Waals surface area (Å²) >= 11 is 0. The van der Waals surface area contributed by atoms with Gasteiger partial charge in [-0.05, 0) is 12.5 Å². The molecule has 2 N–H and O–H groups in total. The summed E-state index contributed by atoms with van der Waals surface area (Å²) in [6.07, 6.45) is 0.880. The van der Waals surface area contributed by atoms with Gasteiger partial charge < -0.3 is 15.0 Å². The van der Waals surface area contributed by atoms with E-state index in [9.17, 15) is 4.79 Å². The van der Waals surface area contributed by atoms with Gasteiger partial charge in [0.25, 0.3) is 0 Å². The zero-order valence-electron chi connectivity index (χ0n) is 8.26. The minimum absolute atomic E-state index is 0.139. The van der Waals surface area contributed by atoms with Gasteiger partial charge in [-0.25, -0.2) is 0 Å². The predicted octanol–water partition coefficient (Wildman–Crippen LogP) is 0.787. The zero-order valence-corrected chi connectivity index (χ0v) is 8.26. The Balaban J connectivity index is 0.000000292. The monoisotopic (exact) mass is 196 g/mol. The van der Waals surface area contributed by atoms with Crippen molar-refractivity contribution in [1.82, 2.24) is 0 Å². The van der Waals surface area contributed by atoms with Crippen LogP contribution in [0.15, 0.2) is 30.3 Å². The number of aliphatic hydroxyl groups is 2. The highest BCUT2D eigenvalue weighted by Crippen LogP contribution is 1.96. The molecule has 0 spiro atoms. The minimum atomic E-state index is -0.560. The smallest absolute Gasteiger partial charge is 0.124 e. The molecule has 3 nitrogen and oxygen atoms in total. The number of hydrogen-bond donors (Lipinski definition) is 2. The Labute approximate surface area is 84.0 Å². The molecule has 0 aliphatic carbocycles. The highest BCUT2D eigenvalue weighted by molar-refractivity contribution is 5.54. The summed E-state index contributed by atoms with van der Waals surface area (Å²) in [5, 5.41) is 16.0. The third-order valence-electron chi connectivity index (χ3n) is 1.43. The van der Waals surface area contributed by atoms with Crippen molar-refractivity contribution >= 4 is 6.29 Å². The van der Waals surface area contributed by atoms with E-state index in [4.69, 9.17) is 10.2 Å². The summed E-state index contributed by atoms with van der Waals surface area (Å²) < 4.78 is 0. The molecule has 1 aromatic carbocycles.